The molecule has 1 aromatic carbocycles. The van der Waals surface area contributed by atoms with E-state index in [1.165, 1.54) is 63.5 Å². The molecule has 0 bridgehead atoms. The van der Waals surface area contributed by atoms with Crippen LogP contribution in [0, 0.1) is 6.92 Å². The van der Waals surface area contributed by atoms with Gasteiger partial charge in [0.05, 0.1) is 0 Å². The molecule has 30 heavy (non-hydrogen) atoms. The van der Waals surface area contributed by atoms with Crippen molar-refractivity contribution < 1.29 is 17.4 Å². The van der Waals surface area contributed by atoms with Gasteiger partial charge in [0.15, 0.2) is 0 Å². The summed E-state index contributed by atoms with van der Waals surface area (Å²) >= 11 is 0. The van der Waals surface area contributed by atoms with Crippen molar-refractivity contribution in [3.8, 4) is 0 Å². The lowest BCUT2D eigenvalue weighted by molar-refractivity contribution is -0.133. The van der Waals surface area contributed by atoms with Gasteiger partial charge in [-0.2, -0.15) is 8.42 Å². The quantitative estimate of drug-likeness (QED) is 0.146. The lowest BCUT2D eigenvalue weighted by Gasteiger charge is -2.06. The average Bonchev–Trinajstić information content (AvgIpc) is 2.71. The summed E-state index contributed by atoms with van der Waals surface area (Å²) in [7, 11) is -4.00. The van der Waals surface area contributed by atoms with E-state index in [0.29, 0.717) is 6.42 Å². The molecule has 4 nitrogen and oxygen atoms in total. The Kier molecular flexibility index (Phi) is 14.2. The fourth-order valence-electron chi connectivity index (χ4n) is 3.26. The van der Waals surface area contributed by atoms with E-state index in [1.54, 1.807) is 12.1 Å². The summed E-state index contributed by atoms with van der Waals surface area (Å²) < 4.78 is 28.8. The van der Waals surface area contributed by atoms with Gasteiger partial charge in [-0.3, -0.25) is 4.79 Å². The fourth-order valence-corrected chi connectivity index (χ4v) is 4.15. The monoisotopic (exact) mass is 436 g/mol. The molecule has 0 saturated heterocycles. The first-order chi connectivity index (χ1) is 14.5. The van der Waals surface area contributed by atoms with Crippen molar-refractivity contribution in [2.75, 3.05) is 0 Å². The zero-order chi connectivity index (χ0) is 22.1. The van der Waals surface area contributed by atoms with E-state index in [1.807, 2.05) is 6.92 Å². The minimum absolute atomic E-state index is 0.0194. The highest BCUT2D eigenvalue weighted by atomic mass is 32.2. The van der Waals surface area contributed by atoms with Gasteiger partial charge in [-0.25, -0.2) is 0 Å². The SMILES string of the molecule is CCCCCCCCC=CCCCCCCCC(=O)OS(=O)(=O)c1ccc(C)cc1. The molecule has 0 aliphatic rings. The van der Waals surface area contributed by atoms with Gasteiger partial charge in [-0.15, -0.1) is 0 Å². The van der Waals surface area contributed by atoms with Crippen LogP contribution in [0.1, 0.15) is 102 Å². The molecule has 0 unspecified atom stereocenters. The maximum absolute atomic E-state index is 12.1. The predicted octanol–water partition coefficient (Wildman–Crippen LogP) is 7.26. The largest absolute Gasteiger partial charge is 0.342 e. The highest BCUT2D eigenvalue weighted by molar-refractivity contribution is 7.87. The highest BCUT2D eigenvalue weighted by Gasteiger charge is 2.19. The van der Waals surface area contributed by atoms with Gasteiger partial charge in [0.2, 0.25) is 0 Å². The van der Waals surface area contributed by atoms with Crippen LogP contribution in [0.2, 0.25) is 0 Å². The van der Waals surface area contributed by atoms with Gasteiger partial charge < -0.3 is 4.18 Å². The molecule has 0 N–H and O–H groups in total. The van der Waals surface area contributed by atoms with E-state index in [9.17, 15) is 13.2 Å². The maximum atomic E-state index is 12.1. The zero-order valence-corrected chi connectivity index (χ0v) is 19.7. The van der Waals surface area contributed by atoms with Crippen LogP contribution in [0.15, 0.2) is 41.3 Å². The molecular weight excluding hydrogens is 396 g/mol. The van der Waals surface area contributed by atoms with Crippen molar-refractivity contribution in [1.82, 2.24) is 0 Å². The Balaban J connectivity index is 2.00. The van der Waals surface area contributed by atoms with Gasteiger partial charge in [0, 0.05) is 6.42 Å². The number of rotatable bonds is 17. The second-order valence-corrected chi connectivity index (χ2v) is 9.60. The Morgan fingerprint density at radius 3 is 1.87 bits per heavy atom. The molecule has 0 saturated carbocycles. The lowest BCUT2D eigenvalue weighted by Crippen LogP contribution is -2.13. The van der Waals surface area contributed by atoms with Gasteiger partial charge >= 0.3 is 16.1 Å². The van der Waals surface area contributed by atoms with Crippen LogP contribution >= 0.6 is 0 Å². The number of allylic oxidation sites excluding steroid dienone is 2. The normalized spacial score (nSPS) is 11.8. The average molecular weight is 437 g/mol. The van der Waals surface area contributed by atoms with Crippen LogP contribution in [-0.2, 0) is 19.1 Å². The lowest BCUT2D eigenvalue weighted by atomic mass is 10.1. The Labute approximate surface area is 184 Å². The van der Waals surface area contributed by atoms with Gasteiger partial charge in [0.25, 0.3) is 0 Å². The summed E-state index contributed by atoms with van der Waals surface area (Å²) in [4.78, 5) is 11.8. The summed E-state index contributed by atoms with van der Waals surface area (Å²) in [5.74, 6) is -0.673. The van der Waals surface area contributed by atoms with Gasteiger partial charge in [-0.1, -0.05) is 88.1 Å². The van der Waals surface area contributed by atoms with Crippen LogP contribution in [0.25, 0.3) is 0 Å². The highest BCUT2D eigenvalue weighted by Crippen LogP contribution is 2.15. The summed E-state index contributed by atoms with van der Waals surface area (Å²) in [6, 6.07) is 6.29. The molecule has 1 rings (SSSR count). The molecular formula is C25H40O4S. The van der Waals surface area contributed by atoms with Crippen molar-refractivity contribution in [3.05, 3.63) is 42.0 Å². The molecule has 0 spiro atoms. The number of carbonyl (C=O) groups is 1. The van der Waals surface area contributed by atoms with E-state index in [2.05, 4.69) is 19.1 Å². The minimum Gasteiger partial charge on any atom is -0.342 e. The van der Waals surface area contributed by atoms with E-state index < -0.39 is 16.1 Å². The first kappa shape index (κ1) is 26.4. The van der Waals surface area contributed by atoms with Crippen LogP contribution < -0.4 is 0 Å². The standard InChI is InChI=1S/C25H40O4S/c1-3-4-5-6-7-8-9-10-11-12-13-14-15-16-17-18-25(26)29-30(27,28)24-21-19-23(2)20-22-24/h10-11,19-22H,3-9,12-18H2,1-2H3. The van der Waals surface area contributed by atoms with Gasteiger partial charge in [0.1, 0.15) is 4.90 Å². The molecule has 170 valence electrons. The van der Waals surface area contributed by atoms with Crippen LogP contribution in [0.3, 0.4) is 0 Å². The number of carbonyl (C=O) groups excluding carboxylic acids is 1. The molecule has 5 heteroatoms. The third-order valence-electron chi connectivity index (χ3n) is 5.16. The number of benzene rings is 1. The van der Waals surface area contributed by atoms with E-state index >= 15 is 0 Å². The minimum atomic E-state index is -4.00. The smallest absolute Gasteiger partial charge is 0.341 e. The van der Waals surface area contributed by atoms with Crippen LogP contribution in [0.4, 0.5) is 0 Å². The molecule has 1 aromatic rings. The Morgan fingerprint density at radius 1 is 0.800 bits per heavy atom. The maximum Gasteiger partial charge on any atom is 0.341 e. The van der Waals surface area contributed by atoms with Crippen LogP contribution in [-0.4, -0.2) is 14.4 Å². The van der Waals surface area contributed by atoms with Crippen molar-refractivity contribution in [2.45, 2.75) is 109 Å². The molecule has 0 heterocycles. The van der Waals surface area contributed by atoms with E-state index in [4.69, 9.17) is 4.18 Å². The number of hydrogen-bond donors (Lipinski definition) is 0. The molecule has 0 aromatic heterocycles. The summed E-state index contributed by atoms with van der Waals surface area (Å²) in [6.07, 6.45) is 20.1. The zero-order valence-electron chi connectivity index (χ0n) is 18.9. The molecule has 0 aliphatic heterocycles. The predicted molar refractivity (Wildman–Crippen MR) is 124 cm³/mol. The van der Waals surface area contributed by atoms with Crippen molar-refractivity contribution in [1.29, 1.82) is 0 Å². The molecule has 0 fully saturated rings. The fraction of sp³-hybridized carbons (Fsp3) is 0.640. The first-order valence-corrected chi connectivity index (χ1v) is 13.1. The summed E-state index contributed by atoms with van der Waals surface area (Å²) in [5.41, 5.74) is 0.952. The Morgan fingerprint density at radius 2 is 1.30 bits per heavy atom. The van der Waals surface area contributed by atoms with E-state index in [-0.39, 0.29) is 11.3 Å². The second kappa shape index (κ2) is 16.1. The van der Waals surface area contributed by atoms with Crippen molar-refractivity contribution >= 4 is 16.1 Å². The number of aryl methyl sites for hydroxylation is 1. The van der Waals surface area contributed by atoms with Gasteiger partial charge in [-0.05, 0) is 51.2 Å². The number of unbranched alkanes of at least 4 members (excludes halogenated alkanes) is 11. The number of hydrogen-bond acceptors (Lipinski definition) is 4. The third kappa shape index (κ3) is 12.8. The topological polar surface area (TPSA) is 60.4 Å². The van der Waals surface area contributed by atoms with Crippen molar-refractivity contribution in [2.24, 2.45) is 0 Å². The molecule has 0 amide bonds. The Bertz CT molecular complexity index is 705. The Hall–Kier alpha value is -1.62. The molecule has 0 atom stereocenters. The summed E-state index contributed by atoms with van der Waals surface area (Å²) in [5, 5.41) is 0. The summed E-state index contributed by atoms with van der Waals surface area (Å²) in [6.45, 7) is 4.12. The third-order valence-corrected chi connectivity index (χ3v) is 6.41. The van der Waals surface area contributed by atoms with E-state index in [0.717, 1.165) is 31.2 Å². The second-order valence-electron chi connectivity index (χ2n) is 8.06. The molecule has 0 aliphatic carbocycles. The first-order valence-electron chi connectivity index (χ1n) is 11.6. The van der Waals surface area contributed by atoms with Crippen molar-refractivity contribution in [3.63, 3.8) is 0 Å². The molecule has 0 radical (unpaired) electrons. The van der Waals surface area contributed by atoms with Crippen LogP contribution in [0.5, 0.6) is 0 Å².